The summed E-state index contributed by atoms with van der Waals surface area (Å²) in [6.07, 6.45) is 4.00. The third kappa shape index (κ3) is 5.31. The Morgan fingerprint density at radius 1 is 1.30 bits per heavy atom. The maximum absolute atomic E-state index is 5.09. The molecule has 0 aromatic heterocycles. The second-order valence-corrected chi connectivity index (χ2v) is 6.69. The summed E-state index contributed by atoms with van der Waals surface area (Å²) >= 11 is 2.36. The van der Waals surface area contributed by atoms with Gasteiger partial charge in [-0.25, -0.2) is 0 Å². The number of piperidine rings is 1. The number of nitrogens with zero attached hydrogens (tertiary/aromatic N) is 1. The number of benzene rings is 1. The van der Waals surface area contributed by atoms with Crippen LogP contribution in [0.25, 0.3) is 0 Å². The average Bonchev–Trinajstić information content (AvgIpc) is 2.47. The molecular formula is C16H25IN2O. The number of halogens is 1. The molecule has 1 heterocycles. The van der Waals surface area contributed by atoms with E-state index in [1.165, 1.54) is 34.9 Å². The Bertz CT molecular complexity index is 383. The molecule has 1 aliphatic rings. The summed E-state index contributed by atoms with van der Waals surface area (Å²) in [5.41, 5.74) is 1.43. The van der Waals surface area contributed by atoms with E-state index in [-0.39, 0.29) is 0 Å². The molecule has 1 aromatic rings. The lowest BCUT2D eigenvalue weighted by molar-refractivity contribution is 0.133. The number of likely N-dealkylation sites (tertiary alicyclic amines) is 1. The summed E-state index contributed by atoms with van der Waals surface area (Å²) < 4.78 is 6.40. The predicted molar refractivity (Wildman–Crippen MR) is 92.0 cm³/mol. The Labute approximate surface area is 136 Å². The maximum atomic E-state index is 5.09. The number of methoxy groups -OCH3 is 1. The summed E-state index contributed by atoms with van der Waals surface area (Å²) in [7, 11) is 1.76. The lowest BCUT2D eigenvalue weighted by Gasteiger charge is -2.36. The molecule has 1 aromatic carbocycles. The van der Waals surface area contributed by atoms with Crippen LogP contribution in [-0.2, 0) is 11.3 Å². The Morgan fingerprint density at radius 2 is 2.10 bits per heavy atom. The summed E-state index contributed by atoms with van der Waals surface area (Å²) in [5.74, 6) is 0. The normalized spacial score (nSPS) is 20.2. The van der Waals surface area contributed by atoms with E-state index in [9.17, 15) is 0 Å². The van der Waals surface area contributed by atoms with E-state index < -0.39 is 0 Å². The molecule has 2 rings (SSSR count). The molecule has 1 unspecified atom stereocenters. The van der Waals surface area contributed by atoms with E-state index in [0.717, 1.165) is 26.2 Å². The van der Waals surface area contributed by atoms with Crippen LogP contribution in [0.15, 0.2) is 24.3 Å². The van der Waals surface area contributed by atoms with Gasteiger partial charge in [-0.3, -0.25) is 4.90 Å². The molecule has 3 nitrogen and oxygen atoms in total. The van der Waals surface area contributed by atoms with Crippen molar-refractivity contribution in [2.75, 3.05) is 33.4 Å². The highest BCUT2D eigenvalue weighted by molar-refractivity contribution is 14.1. The van der Waals surface area contributed by atoms with Gasteiger partial charge in [0.1, 0.15) is 0 Å². The molecule has 1 aliphatic heterocycles. The van der Waals surface area contributed by atoms with Gasteiger partial charge in [0.15, 0.2) is 0 Å². The molecule has 20 heavy (non-hydrogen) atoms. The molecule has 0 spiro atoms. The fraction of sp³-hybridized carbons (Fsp3) is 0.625. The van der Waals surface area contributed by atoms with Crippen LogP contribution in [0.1, 0.15) is 24.8 Å². The van der Waals surface area contributed by atoms with Crippen molar-refractivity contribution in [3.8, 4) is 0 Å². The van der Waals surface area contributed by atoms with Crippen molar-refractivity contribution in [2.45, 2.75) is 31.8 Å². The SMILES string of the molecule is COCCNCC1CCCCN1Cc1ccc(I)cc1. The lowest BCUT2D eigenvalue weighted by Crippen LogP contribution is -2.45. The van der Waals surface area contributed by atoms with Gasteiger partial charge >= 0.3 is 0 Å². The molecule has 0 bridgehead atoms. The van der Waals surface area contributed by atoms with Crippen LogP contribution in [0.2, 0.25) is 0 Å². The first-order chi connectivity index (χ1) is 9.79. The minimum absolute atomic E-state index is 0.667. The molecule has 0 saturated carbocycles. The van der Waals surface area contributed by atoms with Crippen molar-refractivity contribution in [1.82, 2.24) is 10.2 Å². The van der Waals surface area contributed by atoms with Crippen LogP contribution >= 0.6 is 22.6 Å². The Morgan fingerprint density at radius 3 is 2.85 bits per heavy atom. The number of rotatable bonds is 7. The van der Waals surface area contributed by atoms with Gasteiger partial charge < -0.3 is 10.1 Å². The average molecular weight is 388 g/mol. The molecule has 0 radical (unpaired) electrons. The lowest BCUT2D eigenvalue weighted by atomic mass is 10.0. The molecular weight excluding hydrogens is 363 g/mol. The molecule has 4 heteroatoms. The fourth-order valence-corrected chi connectivity index (χ4v) is 3.13. The van der Waals surface area contributed by atoms with Crippen LogP contribution in [0.5, 0.6) is 0 Å². The van der Waals surface area contributed by atoms with Crippen LogP contribution in [0, 0.1) is 3.57 Å². The van der Waals surface area contributed by atoms with Crippen molar-refractivity contribution >= 4 is 22.6 Å². The zero-order valence-electron chi connectivity index (χ0n) is 12.3. The van der Waals surface area contributed by atoms with E-state index >= 15 is 0 Å². The van der Waals surface area contributed by atoms with Gasteiger partial charge in [-0.1, -0.05) is 18.6 Å². The summed E-state index contributed by atoms with van der Waals surface area (Å²) in [6, 6.07) is 9.58. The second kappa shape index (κ2) is 8.97. The van der Waals surface area contributed by atoms with Gasteiger partial charge in [-0.2, -0.15) is 0 Å². The largest absolute Gasteiger partial charge is 0.383 e. The third-order valence-electron chi connectivity index (χ3n) is 3.91. The van der Waals surface area contributed by atoms with Crippen molar-refractivity contribution in [3.63, 3.8) is 0 Å². The van der Waals surface area contributed by atoms with Gasteiger partial charge in [0, 0.05) is 36.4 Å². The number of ether oxygens (including phenoxy) is 1. The first kappa shape index (κ1) is 16.2. The Balaban J connectivity index is 1.84. The van der Waals surface area contributed by atoms with Crippen molar-refractivity contribution in [2.24, 2.45) is 0 Å². The van der Waals surface area contributed by atoms with E-state index in [4.69, 9.17) is 4.74 Å². The topological polar surface area (TPSA) is 24.5 Å². The Kier molecular flexibility index (Phi) is 7.27. The molecule has 1 fully saturated rings. The Hall–Kier alpha value is -0.170. The van der Waals surface area contributed by atoms with Crippen molar-refractivity contribution < 1.29 is 4.74 Å². The second-order valence-electron chi connectivity index (χ2n) is 5.44. The van der Waals surface area contributed by atoms with Gasteiger partial charge in [0.25, 0.3) is 0 Å². The highest BCUT2D eigenvalue weighted by atomic mass is 127. The van der Waals surface area contributed by atoms with Crippen molar-refractivity contribution in [3.05, 3.63) is 33.4 Å². The van der Waals surface area contributed by atoms with E-state index in [1.807, 2.05) is 0 Å². The summed E-state index contributed by atoms with van der Waals surface area (Å²) in [6.45, 7) is 5.12. The number of nitrogens with one attached hydrogen (secondary N) is 1. The van der Waals surface area contributed by atoms with E-state index in [1.54, 1.807) is 7.11 Å². The predicted octanol–water partition coefficient (Wildman–Crippen LogP) is 2.88. The van der Waals surface area contributed by atoms with Crippen molar-refractivity contribution in [1.29, 1.82) is 0 Å². The van der Waals surface area contributed by atoms with Crippen LogP contribution in [0.4, 0.5) is 0 Å². The standard InChI is InChI=1S/C16H25IN2O/c1-20-11-9-18-12-16-4-2-3-10-19(16)13-14-5-7-15(17)8-6-14/h5-8,16,18H,2-4,9-13H2,1H3. The smallest absolute Gasteiger partial charge is 0.0587 e. The first-order valence-electron chi connectivity index (χ1n) is 7.48. The molecule has 0 amide bonds. The fourth-order valence-electron chi connectivity index (χ4n) is 2.77. The molecule has 1 saturated heterocycles. The maximum Gasteiger partial charge on any atom is 0.0587 e. The highest BCUT2D eigenvalue weighted by Gasteiger charge is 2.21. The van der Waals surface area contributed by atoms with E-state index in [2.05, 4.69) is 57.1 Å². The monoisotopic (exact) mass is 388 g/mol. The quantitative estimate of drug-likeness (QED) is 0.574. The van der Waals surface area contributed by atoms with E-state index in [0.29, 0.717) is 6.04 Å². The van der Waals surface area contributed by atoms with Gasteiger partial charge in [0.2, 0.25) is 0 Å². The van der Waals surface area contributed by atoms with Gasteiger partial charge in [-0.15, -0.1) is 0 Å². The highest BCUT2D eigenvalue weighted by Crippen LogP contribution is 2.19. The van der Waals surface area contributed by atoms with Gasteiger partial charge in [-0.05, 0) is 59.7 Å². The van der Waals surface area contributed by atoms with Crippen LogP contribution in [0.3, 0.4) is 0 Å². The van der Waals surface area contributed by atoms with Crippen LogP contribution < -0.4 is 5.32 Å². The first-order valence-corrected chi connectivity index (χ1v) is 8.55. The minimum atomic E-state index is 0.667. The molecule has 1 atom stereocenters. The summed E-state index contributed by atoms with van der Waals surface area (Å²) in [5, 5.41) is 3.51. The zero-order valence-corrected chi connectivity index (χ0v) is 14.4. The third-order valence-corrected chi connectivity index (χ3v) is 4.63. The minimum Gasteiger partial charge on any atom is -0.383 e. The molecule has 112 valence electrons. The van der Waals surface area contributed by atoms with Crippen LogP contribution in [-0.4, -0.2) is 44.3 Å². The summed E-state index contributed by atoms with van der Waals surface area (Å²) in [4.78, 5) is 2.63. The number of hydrogen-bond acceptors (Lipinski definition) is 3. The molecule has 1 N–H and O–H groups in total. The number of hydrogen-bond donors (Lipinski definition) is 1. The zero-order chi connectivity index (χ0) is 14.2. The molecule has 0 aliphatic carbocycles. The van der Waals surface area contributed by atoms with Gasteiger partial charge in [0.05, 0.1) is 6.61 Å².